The van der Waals surface area contributed by atoms with E-state index < -0.39 is 9.84 Å². The maximum atomic E-state index is 12.1. The molecule has 1 aromatic carbocycles. The third-order valence-corrected chi connectivity index (χ3v) is 4.79. The SMILES string of the molecule is O=S(=O)(/C=C/[C@H]1CCCO1)Cc1cnc2ccccc2c1. The van der Waals surface area contributed by atoms with Crippen molar-refractivity contribution in [2.45, 2.75) is 24.7 Å². The molecule has 0 unspecified atom stereocenters. The summed E-state index contributed by atoms with van der Waals surface area (Å²) in [7, 11) is -3.29. The monoisotopic (exact) mass is 303 g/mol. The number of nitrogens with zero attached hydrogens (tertiary/aromatic N) is 1. The van der Waals surface area contributed by atoms with Gasteiger partial charge in [-0.3, -0.25) is 4.98 Å². The van der Waals surface area contributed by atoms with E-state index in [0.717, 1.165) is 23.7 Å². The highest BCUT2D eigenvalue weighted by atomic mass is 32.2. The molecule has 1 fully saturated rings. The van der Waals surface area contributed by atoms with Crippen LogP contribution in [0.3, 0.4) is 0 Å². The molecule has 3 rings (SSSR count). The minimum absolute atomic E-state index is 0.0337. The predicted octanol–water partition coefficient (Wildman–Crippen LogP) is 2.84. The van der Waals surface area contributed by atoms with Crippen molar-refractivity contribution in [2.24, 2.45) is 0 Å². The Kier molecular flexibility index (Phi) is 4.03. The molecule has 0 bridgehead atoms. The Morgan fingerprint density at radius 3 is 3.00 bits per heavy atom. The number of ether oxygens (including phenoxy) is 1. The first-order valence-corrected chi connectivity index (χ1v) is 8.70. The van der Waals surface area contributed by atoms with Gasteiger partial charge in [0, 0.05) is 23.6 Å². The number of para-hydroxylation sites is 1. The van der Waals surface area contributed by atoms with Crippen molar-refractivity contribution in [3.05, 3.63) is 53.6 Å². The third kappa shape index (κ3) is 3.68. The minimum Gasteiger partial charge on any atom is -0.374 e. The molecule has 2 heterocycles. The Bertz CT molecular complexity index is 762. The second kappa shape index (κ2) is 5.95. The van der Waals surface area contributed by atoms with Crippen molar-refractivity contribution in [3.8, 4) is 0 Å². The highest BCUT2D eigenvalue weighted by Crippen LogP contribution is 2.17. The maximum absolute atomic E-state index is 12.1. The minimum atomic E-state index is -3.29. The van der Waals surface area contributed by atoms with Crippen LogP contribution in [0.5, 0.6) is 0 Å². The molecule has 21 heavy (non-hydrogen) atoms. The van der Waals surface area contributed by atoms with Gasteiger partial charge in [-0.2, -0.15) is 0 Å². The number of fused-ring (bicyclic) bond motifs is 1. The fraction of sp³-hybridized carbons (Fsp3) is 0.312. The Morgan fingerprint density at radius 2 is 2.19 bits per heavy atom. The van der Waals surface area contributed by atoms with Crippen LogP contribution in [0.25, 0.3) is 10.9 Å². The van der Waals surface area contributed by atoms with Gasteiger partial charge in [-0.1, -0.05) is 18.2 Å². The van der Waals surface area contributed by atoms with Crippen LogP contribution in [0.4, 0.5) is 0 Å². The number of benzene rings is 1. The summed E-state index contributed by atoms with van der Waals surface area (Å²) in [4.78, 5) is 4.29. The third-order valence-electron chi connectivity index (χ3n) is 3.48. The summed E-state index contributed by atoms with van der Waals surface area (Å²) in [6.45, 7) is 0.712. The average Bonchev–Trinajstić information content (AvgIpc) is 2.98. The maximum Gasteiger partial charge on any atom is 0.175 e. The molecule has 0 radical (unpaired) electrons. The summed E-state index contributed by atoms with van der Waals surface area (Å²) in [6.07, 6.45) is 5.10. The Hall–Kier alpha value is -1.72. The van der Waals surface area contributed by atoms with Gasteiger partial charge in [-0.25, -0.2) is 8.42 Å². The van der Waals surface area contributed by atoms with Crippen molar-refractivity contribution in [1.82, 2.24) is 4.98 Å². The lowest BCUT2D eigenvalue weighted by molar-refractivity contribution is 0.145. The van der Waals surface area contributed by atoms with Crippen LogP contribution in [0.1, 0.15) is 18.4 Å². The van der Waals surface area contributed by atoms with E-state index in [1.54, 1.807) is 12.3 Å². The lowest BCUT2D eigenvalue weighted by Crippen LogP contribution is -2.04. The van der Waals surface area contributed by atoms with Crippen LogP contribution in [0, 0.1) is 0 Å². The van der Waals surface area contributed by atoms with E-state index in [1.165, 1.54) is 5.41 Å². The molecule has 1 atom stereocenters. The molecule has 1 aliphatic rings. The van der Waals surface area contributed by atoms with Crippen molar-refractivity contribution in [3.63, 3.8) is 0 Å². The van der Waals surface area contributed by atoms with Gasteiger partial charge in [-0.15, -0.1) is 0 Å². The molecule has 0 aliphatic carbocycles. The van der Waals surface area contributed by atoms with Crippen LogP contribution < -0.4 is 0 Å². The number of hydrogen-bond donors (Lipinski definition) is 0. The van der Waals surface area contributed by atoms with Gasteiger partial charge < -0.3 is 4.74 Å². The lowest BCUT2D eigenvalue weighted by atomic mass is 10.2. The van der Waals surface area contributed by atoms with Gasteiger partial charge in [0.25, 0.3) is 0 Å². The first-order chi connectivity index (χ1) is 10.1. The molecule has 0 N–H and O–H groups in total. The number of aromatic nitrogens is 1. The number of sulfone groups is 1. The molecule has 1 saturated heterocycles. The van der Waals surface area contributed by atoms with E-state index >= 15 is 0 Å². The van der Waals surface area contributed by atoms with Gasteiger partial charge in [0.2, 0.25) is 0 Å². The lowest BCUT2D eigenvalue weighted by Gasteiger charge is -2.04. The van der Waals surface area contributed by atoms with Gasteiger partial charge in [0.05, 0.1) is 17.4 Å². The zero-order valence-corrected chi connectivity index (χ0v) is 12.4. The molecule has 110 valence electrons. The van der Waals surface area contributed by atoms with E-state index in [-0.39, 0.29) is 11.9 Å². The standard InChI is InChI=1S/C16H17NO3S/c18-21(19,9-7-15-5-3-8-20-15)12-13-10-14-4-1-2-6-16(14)17-11-13/h1-2,4,6-7,9-11,15H,3,5,8,12H2/b9-7+/t15-/m1/s1. The molecule has 1 aliphatic heterocycles. The zero-order chi connectivity index (χ0) is 14.7. The molecule has 1 aromatic heterocycles. The van der Waals surface area contributed by atoms with Gasteiger partial charge in [0.15, 0.2) is 9.84 Å². The van der Waals surface area contributed by atoms with Crippen LogP contribution in [-0.4, -0.2) is 26.1 Å². The number of rotatable bonds is 4. The summed E-state index contributed by atoms with van der Waals surface area (Å²) in [5.41, 5.74) is 1.57. The van der Waals surface area contributed by atoms with Gasteiger partial charge in [-0.05, 0) is 36.6 Å². The Balaban J connectivity index is 1.76. The fourth-order valence-electron chi connectivity index (χ4n) is 2.44. The van der Waals surface area contributed by atoms with E-state index in [9.17, 15) is 8.42 Å². The van der Waals surface area contributed by atoms with E-state index in [2.05, 4.69) is 4.98 Å². The summed E-state index contributed by atoms with van der Waals surface area (Å²) in [5.74, 6) is -0.0337. The van der Waals surface area contributed by atoms with E-state index in [0.29, 0.717) is 12.2 Å². The zero-order valence-electron chi connectivity index (χ0n) is 11.6. The Labute approximate surface area is 124 Å². The largest absolute Gasteiger partial charge is 0.374 e. The molecule has 4 nitrogen and oxygen atoms in total. The van der Waals surface area contributed by atoms with Crippen LogP contribution >= 0.6 is 0 Å². The second-order valence-electron chi connectivity index (χ2n) is 5.22. The predicted molar refractivity (Wildman–Crippen MR) is 82.5 cm³/mol. The van der Waals surface area contributed by atoms with E-state index in [4.69, 9.17) is 4.74 Å². The van der Waals surface area contributed by atoms with Crippen molar-refractivity contribution in [2.75, 3.05) is 6.61 Å². The van der Waals surface area contributed by atoms with Crippen molar-refractivity contribution in [1.29, 1.82) is 0 Å². The second-order valence-corrected chi connectivity index (χ2v) is 7.11. The normalized spacial score (nSPS) is 19.5. The fourth-order valence-corrected chi connectivity index (χ4v) is 3.57. The van der Waals surface area contributed by atoms with Crippen LogP contribution in [-0.2, 0) is 20.3 Å². The quantitative estimate of drug-likeness (QED) is 0.871. The molecule has 5 heteroatoms. The molecular formula is C16H17NO3S. The molecule has 0 spiro atoms. The first-order valence-electron chi connectivity index (χ1n) is 6.99. The summed E-state index contributed by atoms with van der Waals surface area (Å²) in [6, 6.07) is 9.54. The number of pyridine rings is 1. The Morgan fingerprint density at radius 1 is 1.33 bits per heavy atom. The summed E-state index contributed by atoms with van der Waals surface area (Å²) in [5, 5.41) is 2.23. The average molecular weight is 303 g/mol. The van der Waals surface area contributed by atoms with Crippen LogP contribution in [0.15, 0.2) is 48.0 Å². The number of hydrogen-bond acceptors (Lipinski definition) is 4. The molecular weight excluding hydrogens is 286 g/mol. The molecule has 0 saturated carbocycles. The van der Waals surface area contributed by atoms with Crippen molar-refractivity contribution >= 4 is 20.7 Å². The van der Waals surface area contributed by atoms with E-state index in [1.807, 2.05) is 30.3 Å². The van der Waals surface area contributed by atoms with Crippen molar-refractivity contribution < 1.29 is 13.2 Å². The first kappa shape index (κ1) is 14.2. The molecule has 2 aromatic rings. The van der Waals surface area contributed by atoms with Crippen LogP contribution in [0.2, 0.25) is 0 Å². The summed E-state index contributed by atoms with van der Waals surface area (Å²) < 4.78 is 29.6. The smallest absolute Gasteiger partial charge is 0.175 e. The van der Waals surface area contributed by atoms with Gasteiger partial charge >= 0.3 is 0 Å². The summed E-state index contributed by atoms with van der Waals surface area (Å²) >= 11 is 0. The van der Waals surface area contributed by atoms with Gasteiger partial charge in [0.1, 0.15) is 0 Å². The highest BCUT2D eigenvalue weighted by Gasteiger charge is 2.14. The molecule has 0 amide bonds. The highest BCUT2D eigenvalue weighted by molar-refractivity contribution is 7.93. The topological polar surface area (TPSA) is 56.3 Å².